The number of halogens is 1. The maximum absolute atomic E-state index is 12.3. The van der Waals surface area contributed by atoms with Gasteiger partial charge in [0.25, 0.3) is 0 Å². The molecule has 172 valence electrons. The Bertz CT molecular complexity index is 1360. The number of nitrogens with zero attached hydrogens (tertiary/aromatic N) is 1. The third-order valence-corrected chi connectivity index (χ3v) is 5.92. The van der Waals surface area contributed by atoms with Crippen LogP contribution in [0.3, 0.4) is 0 Å². The van der Waals surface area contributed by atoms with Crippen molar-refractivity contribution < 1.29 is 23.8 Å². The molecule has 0 aliphatic carbocycles. The number of benzene rings is 2. The molecule has 0 aliphatic heterocycles. The zero-order valence-corrected chi connectivity index (χ0v) is 19.5. The number of thiazole rings is 1. The SMILES string of the molecule is COc1ccc(/C=C/C(=O)Nc2ccc(-c3ccc(-c4csc(CC(=O)O)n4)o3)c(Cl)c2)cc1. The average molecular weight is 495 g/mol. The average Bonchev–Trinajstić information content (AvgIpc) is 3.47. The molecule has 0 radical (unpaired) electrons. The monoisotopic (exact) mass is 494 g/mol. The van der Waals surface area contributed by atoms with Crippen LogP contribution in [0.15, 0.2) is 70.5 Å². The third-order valence-electron chi connectivity index (χ3n) is 4.76. The van der Waals surface area contributed by atoms with Crippen molar-refractivity contribution in [1.82, 2.24) is 4.98 Å². The van der Waals surface area contributed by atoms with Gasteiger partial charge in [-0.1, -0.05) is 23.7 Å². The van der Waals surface area contributed by atoms with E-state index in [2.05, 4.69) is 10.3 Å². The van der Waals surface area contributed by atoms with Crippen molar-refractivity contribution in [2.45, 2.75) is 6.42 Å². The van der Waals surface area contributed by atoms with Crippen LogP contribution < -0.4 is 10.1 Å². The smallest absolute Gasteiger partial charge is 0.310 e. The Morgan fingerprint density at radius 3 is 2.62 bits per heavy atom. The minimum atomic E-state index is -0.934. The van der Waals surface area contributed by atoms with Gasteiger partial charge in [0.1, 0.15) is 22.2 Å². The van der Waals surface area contributed by atoms with E-state index in [9.17, 15) is 9.59 Å². The summed E-state index contributed by atoms with van der Waals surface area (Å²) in [4.78, 5) is 27.4. The summed E-state index contributed by atoms with van der Waals surface area (Å²) in [5, 5.41) is 14.3. The van der Waals surface area contributed by atoms with E-state index in [1.54, 1.807) is 48.9 Å². The van der Waals surface area contributed by atoms with Gasteiger partial charge in [0.2, 0.25) is 5.91 Å². The number of furan rings is 1. The van der Waals surface area contributed by atoms with Crippen LogP contribution >= 0.6 is 22.9 Å². The first-order chi connectivity index (χ1) is 16.4. The largest absolute Gasteiger partial charge is 0.497 e. The van der Waals surface area contributed by atoms with E-state index < -0.39 is 5.97 Å². The van der Waals surface area contributed by atoms with Crippen LogP contribution in [0.2, 0.25) is 5.02 Å². The van der Waals surface area contributed by atoms with Gasteiger partial charge in [-0.3, -0.25) is 9.59 Å². The standard InChI is InChI=1S/C25H19ClN2O5S/c1-32-17-6-2-15(3-7-17)4-11-23(29)27-16-5-8-18(19(26)12-16)21-9-10-22(33-21)20-14-34-24(28-20)13-25(30)31/h2-12,14H,13H2,1H3,(H,27,29)(H,30,31)/b11-4+. The highest BCUT2D eigenvalue weighted by molar-refractivity contribution is 7.10. The number of carbonyl (C=O) groups is 2. The summed E-state index contributed by atoms with van der Waals surface area (Å²) in [6.07, 6.45) is 3.01. The second-order valence-corrected chi connectivity index (χ2v) is 8.50. The number of anilines is 1. The molecule has 4 aromatic rings. The summed E-state index contributed by atoms with van der Waals surface area (Å²) < 4.78 is 11.0. The quantitative estimate of drug-likeness (QED) is 0.291. The summed E-state index contributed by atoms with van der Waals surface area (Å²) in [6, 6.07) is 16.0. The molecule has 1 amide bonds. The van der Waals surface area contributed by atoms with Crippen molar-refractivity contribution >= 4 is 46.6 Å². The Morgan fingerprint density at radius 2 is 1.91 bits per heavy atom. The molecule has 2 aromatic carbocycles. The molecular formula is C25H19ClN2O5S. The Labute approximate surface area is 204 Å². The number of carbonyl (C=O) groups excluding carboxylic acids is 1. The van der Waals surface area contributed by atoms with Gasteiger partial charge in [-0.25, -0.2) is 4.98 Å². The van der Waals surface area contributed by atoms with E-state index in [4.69, 9.17) is 25.9 Å². The number of hydrogen-bond acceptors (Lipinski definition) is 6. The zero-order valence-electron chi connectivity index (χ0n) is 17.9. The number of ether oxygens (including phenoxy) is 1. The third kappa shape index (κ3) is 5.72. The van der Waals surface area contributed by atoms with Crippen LogP contribution in [0.1, 0.15) is 10.6 Å². The second kappa shape index (κ2) is 10.4. The summed E-state index contributed by atoms with van der Waals surface area (Å²) >= 11 is 7.71. The number of carboxylic acid groups (broad SMARTS) is 1. The maximum atomic E-state index is 12.3. The fourth-order valence-electron chi connectivity index (χ4n) is 3.12. The summed E-state index contributed by atoms with van der Waals surface area (Å²) in [5.74, 6) is 0.566. The van der Waals surface area contributed by atoms with Crippen molar-refractivity contribution in [2.75, 3.05) is 12.4 Å². The number of rotatable bonds is 8. The van der Waals surface area contributed by atoms with Crippen LogP contribution in [0.25, 0.3) is 28.9 Å². The summed E-state index contributed by atoms with van der Waals surface area (Å²) in [5.41, 5.74) is 2.63. The van der Waals surface area contributed by atoms with Crippen LogP contribution in [0, 0.1) is 0 Å². The Balaban J connectivity index is 1.43. The number of aromatic nitrogens is 1. The van der Waals surface area contributed by atoms with E-state index in [1.165, 1.54) is 17.4 Å². The first-order valence-corrected chi connectivity index (χ1v) is 11.4. The number of methoxy groups -OCH3 is 1. The number of carboxylic acids is 1. The van der Waals surface area contributed by atoms with Gasteiger partial charge in [0.05, 0.1) is 18.6 Å². The van der Waals surface area contributed by atoms with Crippen molar-refractivity contribution in [1.29, 1.82) is 0 Å². The van der Waals surface area contributed by atoms with E-state index in [0.29, 0.717) is 38.5 Å². The number of amides is 1. The lowest BCUT2D eigenvalue weighted by Gasteiger charge is -2.06. The molecule has 0 aliphatic rings. The number of aliphatic carboxylic acids is 1. The molecule has 0 saturated heterocycles. The van der Waals surface area contributed by atoms with Crippen molar-refractivity contribution in [3.8, 4) is 28.5 Å². The van der Waals surface area contributed by atoms with Crippen LogP contribution in [-0.2, 0) is 16.0 Å². The van der Waals surface area contributed by atoms with Gasteiger partial charge < -0.3 is 19.6 Å². The molecule has 4 rings (SSSR count). The van der Waals surface area contributed by atoms with Gasteiger partial charge in [0, 0.05) is 22.7 Å². The molecule has 9 heteroatoms. The molecule has 0 fully saturated rings. The predicted molar refractivity (Wildman–Crippen MR) is 132 cm³/mol. The predicted octanol–water partition coefficient (Wildman–Crippen LogP) is 6.01. The molecule has 7 nitrogen and oxygen atoms in total. The van der Waals surface area contributed by atoms with E-state index >= 15 is 0 Å². The summed E-state index contributed by atoms with van der Waals surface area (Å²) in [7, 11) is 1.60. The molecule has 0 saturated carbocycles. The minimum Gasteiger partial charge on any atom is -0.497 e. The Hall–Kier alpha value is -3.88. The Kier molecular flexibility index (Phi) is 7.10. The molecule has 0 bridgehead atoms. The summed E-state index contributed by atoms with van der Waals surface area (Å²) in [6.45, 7) is 0. The fraction of sp³-hybridized carbons (Fsp3) is 0.0800. The van der Waals surface area contributed by atoms with E-state index in [-0.39, 0.29) is 12.3 Å². The van der Waals surface area contributed by atoms with Crippen molar-refractivity contribution in [2.24, 2.45) is 0 Å². The van der Waals surface area contributed by atoms with Gasteiger partial charge in [-0.15, -0.1) is 11.3 Å². The maximum Gasteiger partial charge on any atom is 0.310 e. The fourth-order valence-corrected chi connectivity index (χ4v) is 4.17. The molecule has 0 atom stereocenters. The number of nitrogens with one attached hydrogen (secondary N) is 1. The van der Waals surface area contributed by atoms with E-state index in [0.717, 1.165) is 11.3 Å². The van der Waals surface area contributed by atoms with Crippen molar-refractivity contribution in [3.63, 3.8) is 0 Å². The van der Waals surface area contributed by atoms with Crippen LogP contribution in [0.5, 0.6) is 5.75 Å². The van der Waals surface area contributed by atoms with Gasteiger partial charge in [-0.05, 0) is 54.1 Å². The first kappa shape index (κ1) is 23.3. The highest BCUT2D eigenvalue weighted by atomic mass is 35.5. The van der Waals surface area contributed by atoms with Crippen molar-refractivity contribution in [3.05, 3.63) is 81.6 Å². The van der Waals surface area contributed by atoms with E-state index in [1.807, 2.05) is 24.3 Å². The highest BCUT2D eigenvalue weighted by Gasteiger charge is 2.14. The molecule has 34 heavy (non-hydrogen) atoms. The normalized spacial score (nSPS) is 11.0. The second-order valence-electron chi connectivity index (χ2n) is 7.15. The topological polar surface area (TPSA) is 102 Å². The van der Waals surface area contributed by atoms with Gasteiger partial charge in [0.15, 0.2) is 5.76 Å². The Morgan fingerprint density at radius 1 is 1.15 bits per heavy atom. The molecular weight excluding hydrogens is 476 g/mol. The molecule has 2 heterocycles. The highest BCUT2D eigenvalue weighted by Crippen LogP contribution is 2.34. The van der Waals surface area contributed by atoms with Gasteiger partial charge >= 0.3 is 5.97 Å². The van der Waals surface area contributed by atoms with Gasteiger partial charge in [-0.2, -0.15) is 0 Å². The lowest BCUT2D eigenvalue weighted by atomic mass is 10.1. The lowest BCUT2D eigenvalue weighted by Crippen LogP contribution is -2.07. The number of hydrogen-bond donors (Lipinski definition) is 2. The lowest BCUT2D eigenvalue weighted by molar-refractivity contribution is -0.136. The minimum absolute atomic E-state index is 0.132. The molecule has 2 aromatic heterocycles. The molecule has 2 N–H and O–H groups in total. The zero-order chi connectivity index (χ0) is 24.1. The molecule has 0 unspecified atom stereocenters. The first-order valence-electron chi connectivity index (χ1n) is 10.1. The van der Waals surface area contributed by atoms with Crippen LogP contribution in [0.4, 0.5) is 5.69 Å². The van der Waals surface area contributed by atoms with Crippen LogP contribution in [-0.4, -0.2) is 29.1 Å². The molecule has 0 spiro atoms.